The Morgan fingerprint density at radius 3 is 2.71 bits per heavy atom. The lowest BCUT2D eigenvalue weighted by molar-refractivity contribution is 0.573. The Morgan fingerprint density at radius 2 is 2.12 bits per heavy atom. The molecule has 1 unspecified atom stereocenters. The smallest absolute Gasteiger partial charge is 0.142 e. The van der Waals surface area contributed by atoms with E-state index in [0.29, 0.717) is 10.0 Å². The van der Waals surface area contributed by atoms with E-state index in [4.69, 9.17) is 0 Å². The molecule has 0 spiro atoms. The van der Waals surface area contributed by atoms with E-state index in [2.05, 4.69) is 27.3 Å². The topological polar surface area (TPSA) is 12.0 Å². The summed E-state index contributed by atoms with van der Waals surface area (Å²) in [7, 11) is 1.85. The molecule has 4 heteroatoms. The van der Waals surface area contributed by atoms with Crippen LogP contribution in [0.15, 0.2) is 34.1 Å². The quantitative estimate of drug-likeness (QED) is 0.892. The van der Waals surface area contributed by atoms with Crippen molar-refractivity contribution in [1.82, 2.24) is 5.32 Å². The summed E-state index contributed by atoms with van der Waals surface area (Å²) in [4.78, 5) is 1.16. The molecule has 0 fully saturated rings. The van der Waals surface area contributed by atoms with Crippen LogP contribution >= 0.6 is 27.3 Å². The number of rotatable bonds is 3. The predicted molar refractivity (Wildman–Crippen MR) is 74.1 cm³/mol. The highest BCUT2D eigenvalue weighted by Gasteiger charge is 2.20. The van der Waals surface area contributed by atoms with E-state index in [1.807, 2.05) is 31.5 Å². The maximum atomic E-state index is 14.1. The number of halogens is 2. The van der Waals surface area contributed by atoms with E-state index in [1.54, 1.807) is 17.4 Å². The average Bonchev–Trinajstić information content (AvgIpc) is 2.72. The molecule has 1 heterocycles. The minimum absolute atomic E-state index is 0.0903. The molecule has 0 saturated heterocycles. The van der Waals surface area contributed by atoms with Gasteiger partial charge in [-0.1, -0.05) is 12.1 Å². The minimum atomic E-state index is -0.195. The summed E-state index contributed by atoms with van der Waals surface area (Å²) >= 11 is 4.87. The van der Waals surface area contributed by atoms with E-state index in [1.165, 1.54) is 5.56 Å². The number of hydrogen-bond acceptors (Lipinski definition) is 2. The Hall–Kier alpha value is -0.710. The largest absolute Gasteiger partial charge is 0.309 e. The molecule has 2 rings (SSSR count). The standard InChI is InChI=1S/C13H13BrFNS/c1-8-6-7-17-13(8)12(16-2)9-4-3-5-10(14)11(9)15/h3-7,12,16H,1-2H3. The molecule has 0 amide bonds. The molecular formula is C13H13BrFNS. The SMILES string of the molecule is CNC(c1cccc(Br)c1F)c1sccc1C. The molecule has 1 aromatic carbocycles. The van der Waals surface area contributed by atoms with Gasteiger partial charge in [-0.2, -0.15) is 0 Å². The van der Waals surface area contributed by atoms with Crippen molar-refractivity contribution in [2.75, 3.05) is 7.05 Å². The lowest BCUT2D eigenvalue weighted by Gasteiger charge is -2.17. The van der Waals surface area contributed by atoms with Crippen LogP contribution in [0.2, 0.25) is 0 Å². The summed E-state index contributed by atoms with van der Waals surface area (Å²) in [5.41, 5.74) is 1.86. The highest BCUT2D eigenvalue weighted by Crippen LogP contribution is 2.32. The summed E-state index contributed by atoms with van der Waals surface area (Å²) in [5.74, 6) is -0.195. The normalized spacial score (nSPS) is 12.7. The fourth-order valence-electron chi connectivity index (χ4n) is 1.85. The lowest BCUT2D eigenvalue weighted by atomic mass is 10.0. The maximum Gasteiger partial charge on any atom is 0.142 e. The first-order valence-electron chi connectivity index (χ1n) is 5.30. The van der Waals surface area contributed by atoms with Gasteiger partial charge in [0.2, 0.25) is 0 Å². The van der Waals surface area contributed by atoms with Crippen molar-refractivity contribution < 1.29 is 4.39 Å². The first-order chi connectivity index (χ1) is 8.15. The molecule has 0 aliphatic rings. The highest BCUT2D eigenvalue weighted by molar-refractivity contribution is 9.10. The van der Waals surface area contributed by atoms with Crippen LogP contribution in [0.3, 0.4) is 0 Å². The summed E-state index contributed by atoms with van der Waals surface area (Å²) in [6.07, 6.45) is 0. The third-order valence-electron chi connectivity index (χ3n) is 2.75. The summed E-state index contributed by atoms with van der Waals surface area (Å²) < 4.78 is 14.6. The van der Waals surface area contributed by atoms with Crippen molar-refractivity contribution in [3.05, 3.63) is 55.9 Å². The predicted octanol–water partition coefficient (Wildman–Crippen LogP) is 4.27. The average molecular weight is 314 g/mol. The Bertz CT molecular complexity index is 524. The number of benzene rings is 1. The van der Waals surface area contributed by atoms with Crippen LogP contribution in [-0.4, -0.2) is 7.05 Å². The summed E-state index contributed by atoms with van der Waals surface area (Å²) in [6.45, 7) is 2.05. The van der Waals surface area contributed by atoms with E-state index in [0.717, 1.165) is 4.88 Å². The molecule has 1 aromatic heterocycles. The Balaban J connectivity index is 2.50. The van der Waals surface area contributed by atoms with Crippen LogP contribution in [0.1, 0.15) is 22.0 Å². The van der Waals surface area contributed by atoms with Crippen LogP contribution in [-0.2, 0) is 0 Å². The Labute approximate surface area is 113 Å². The lowest BCUT2D eigenvalue weighted by Crippen LogP contribution is -2.18. The van der Waals surface area contributed by atoms with Crippen LogP contribution in [0.5, 0.6) is 0 Å². The first-order valence-corrected chi connectivity index (χ1v) is 6.97. The monoisotopic (exact) mass is 313 g/mol. The molecule has 0 radical (unpaired) electrons. The third kappa shape index (κ3) is 2.44. The van der Waals surface area contributed by atoms with E-state index >= 15 is 0 Å². The highest BCUT2D eigenvalue weighted by atomic mass is 79.9. The van der Waals surface area contributed by atoms with Gasteiger partial charge in [0.05, 0.1) is 10.5 Å². The summed E-state index contributed by atoms with van der Waals surface area (Å²) in [6, 6.07) is 7.36. The van der Waals surface area contributed by atoms with Gasteiger partial charge in [0.15, 0.2) is 0 Å². The van der Waals surface area contributed by atoms with E-state index in [-0.39, 0.29) is 11.9 Å². The molecule has 0 aliphatic carbocycles. The van der Waals surface area contributed by atoms with Crippen LogP contribution in [0, 0.1) is 12.7 Å². The zero-order chi connectivity index (χ0) is 12.4. The molecule has 2 aromatic rings. The molecule has 0 aliphatic heterocycles. The number of thiophene rings is 1. The van der Waals surface area contributed by atoms with Gasteiger partial charge in [-0.25, -0.2) is 4.39 Å². The van der Waals surface area contributed by atoms with Crippen molar-refractivity contribution >= 4 is 27.3 Å². The Kier molecular flexibility index (Phi) is 3.97. The van der Waals surface area contributed by atoms with Gasteiger partial charge in [-0.3, -0.25) is 0 Å². The molecule has 1 atom stereocenters. The summed E-state index contributed by atoms with van der Waals surface area (Å²) in [5, 5.41) is 5.21. The number of aryl methyl sites for hydroxylation is 1. The maximum absolute atomic E-state index is 14.1. The molecule has 90 valence electrons. The number of nitrogens with one attached hydrogen (secondary N) is 1. The van der Waals surface area contributed by atoms with Crippen molar-refractivity contribution in [3.8, 4) is 0 Å². The van der Waals surface area contributed by atoms with Gasteiger partial charge in [0.25, 0.3) is 0 Å². The molecule has 1 nitrogen and oxygen atoms in total. The molecule has 0 saturated carbocycles. The molecule has 1 N–H and O–H groups in total. The van der Waals surface area contributed by atoms with E-state index in [9.17, 15) is 4.39 Å². The van der Waals surface area contributed by atoms with Crippen molar-refractivity contribution in [1.29, 1.82) is 0 Å². The van der Waals surface area contributed by atoms with Gasteiger partial charge >= 0.3 is 0 Å². The zero-order valence-corrected chi connectivity index (χ0v) is 12.0. The Morgan fingerprint density at radius 1 is 1.35 bits per heavy atom. The van der Waals surface area contributed by atoms with Crippen LogP contribution < -0.4 is 5.32 Å². The molecule has 17 heavy (non-hydrogen) atoms. The second-order valence-electron chi connectivity index (χ2n) is 3.83. The molecule has 0 bridgehead atoms. The van der Waals surface area contributed by atoms with Crippen molar-refractivity contribution in [3.63, 3.8) is 0 Å². The van der Waals surface area contributed by atoms with Gasteiger partial charge < -0.3 is 5.32 Å². The van der Waals surface area contributed by atoms with Crippen molar-refractivity contribution in [2.24, 2.45) is 0 Å². The van der Waals surface area contributed by atoms with Crippen LogP contribution in [0.25, 0.3) is 0 Å². The van der Waals surface area contributed by atoms with Gasteiger partial charge in [0.1, 0.15) is 5.82 Å². The van der Waals surface area contributed by atoms with E-state index < -0.39 is 0 Å². The minimum Gasteiger partial charge on any atom is -0.309 e. The van der Waals surface area contributed by atoms with Crippen LogP contribution in [0.4, 0.5) is 4.39 Å². The fourth-order valence-corrected chi connectivity index (χ4v) is 3.29. The van der Waals surface area contributed by atoms with Gasteiger partial charge in [-0.15, -0.1) is 11.3 Å². The van der Waals surface area contributed by atoms with Gasteiger partial charge in [0, 0.05) is 10.4 Å². The first kappa shape index (κ1) is 12.7. The van der Waals surface area contributed by atoms with Gasteiger partial charge in [-0.05, 0) is 53.0 Å². The third-order valence-corrected chi connectivity index (χ3v) is 4.44. The van der Waals surface area contributed by atoms with Crippen molar-refractivity contribution in [2.45, 2.75) is 13.0 Å². The zero-order valence-electron chi connectivity index (χ0n) is 9.63. The second-order valence-corrected chi connectivity index (χ2v) is 5.63. The molecular weight excluding hydrogens is 301 g/mol. The second kappa shape index (κ2) is 5.29. The number of hydrogen-bond donors (Lipinski definition) is 1. The fraction of sp³-hybridized carbons (Fsp3) is 0.231.